The Kier molecular flexibility index (Phi) is 6.83. The van der Waals surface area contributed by atoms with E-state index < -0.39 is 5.54 Å². The fraction of sp³-hybridized carbons (Fsp3) is 0.905. The summed E-state index contributed by atoms with van der Waals surface area (Å²) < 4.78 is 12.2. The normalized spacial score (nSPS) is 31.0. The smallest absolute Gasteiger partial charge is 0.403 e. The molecule has 4 N–H and O–H groups in total. The molecule has 1 aliphatic heterocycles. The van der Waals surface area contributed by atoms with Crippen molar-refractivity contribution < 1.29 is 18.9 Å². The monoisotopic (exact) mass is 409 g/mol. The Balaban J connectivity index is 2.08. The molecule has 1 aliphatic carbocycles. The molecule has 0 unspecified atom stereocenters. The van der Waals surface area contributed by atoms with E-state index >= 15 is 0 Å². The number of nitrogens with two attached hydrogens (primary N) is 1. The Morgan fingerprint density at radius 1 is 1.14 bits per heavy atom. The minimum absolute atomic E-state index is 0.0221. The van der Waals surface area contributed by atoms with E-state index in [9.17, 15) is 9.59 Å². The van der Waals surface area contributed by atoms with Gasteiger partial charge in [-0.3, -0.25) is 9.59 Å². The third-order valence-corrected chi connectivity index (χ3v) is 6.46. The molecule has 8 heteroatoms. The van der Waals surface area contributed by atoms with Gasteiger partial charge in [0.15, 0.2) is 0 Å². The fourth-order valence-corrected chi connectivity index (χ4v) is 4.46. The van der Waals surface area contributed by atoms with E-state index in [-0.39, 0.29) is 47.6 Å². The van der Waals surface area contributed by atoms with Crippen LogP contribution in [0, 0.1) is 5.92 Å². The van der Waals surface area contributed by atoms with Crippen LogP contribution in [0.1, 0.15) is 81.1 Å². The van der Waals surface area contributed by atoms with Crippen LogP contribution in [0.25, 0.3) is 0 Å². The summed E-state index contributed by atoms with van der Waals surface area (Å²) in [6, 6.07) is -0.116. The van der Waals surface area contributed by atoms with Crippen molar-refractivity contribution in [1.29, 1.82) is 0 Å². The fourth-order valence-electron chi connectivity index (χ4n) is 4.46. The molecule has 29 heavy (non-hydrogen) atoms. The molecule has 7 nitrogen and oxygen atoms in total. The Labute approximate surface area is 176 Å². The summed E-state index contributed by atoms with van der Waals surface area (Å²) in [5.74, 6) is -0.376. The van der Waals surface area contributed by atoms with Gasteiger partial charge >= 0.3 is 7.12 Å². The second-order valence-electron chi connectivity index (χ2n) is 10.9. The van der Waals surface area contributed by atoms with E-state index in [0.29, 0.717) is 12.8 Å². The number of hydrogen-bond acceptors (Lipinski definition) is 5. The van der Waals surface area contributed by atoms with Crippen molar-refractivity contribution >= 4 is 18.9 Å². The van der Waals surface area contributed by atoms with E-state index in [0.717, 1.165) is 19.2 Å². The molecule has 2 amide bonds. The van der Waals surface area contributed by atoms with Crippen LogP contribution in [0.2, 0.25) is 6.32 Å². The number of carbonyl (C=O) groups excluding carboxylic acids is 2. The minimum atomic E-state index is -0.964. The molecule has 0 aromatic heterocycles. The zero-order valence-corrected chi connectivity index (χ0v) is 19.5. The lowest BCUT2D eigenvalue weighted by atomic mass is 9.77. The Morgan fingerprint density at radius 2 is 1.69 bits per heavy atom. The van der Waals surface area contributed by atoms with Crippen molar-refractivity contribution in [2.45, 2.75) is 116 Å². The highest BCUT2D eigenvalue weighted by molar-refractivity contribution is 6.45. The van der Waals surface area contributed by atoms with E-state index in [1.54, 1.807) is 0 Å². The van der Waals surface area contributed by atoms with Crippen LogP contribution in [-0.4, -0.2) is 47.3 Å². The first-order chi connectivity index (χ1) is 13.1. The lowest BCUT2D eigenvalue weighted by Gasteiger charge is -2.37. The maximum absolute atomic E-state index is 13.2. The van der Waals surface area contributed by atoms with Crippen molar-refractivity contribution in [3.8, 4) is 0 Å². The molecule has 0 spiro atoms. The molecule has 166 valence electrons. The van der Waals surface area contributed by atoms with E-state index in [2.05, 4.69) is 10.6 Å². The molecule has 2 fully saturated rings. The van der Waals surface area contributed by atoms with Crippen molar-refractivity contribution in [3.05, 3.63) is 0 Å². The van der Waals surface area contributed by atoms with Crippen LogP contribution in [0.4, 0.5) is 0 Å². The molecule has 0 radical (unpaired) electrons. The summed E-state index contributed by atoms with van der Waals surface area (Å²) in [7, 11) is -0.256. The Morgan fingerprint density at radius 3 is 2.17 bits per heavy atom. The molecule has 1 saturated carbocycles. The third kappa shape index (κ3) is 5.53. The molecule has 0 aromatic rings. The third-order valence-electron chi connectivity index (χ3n) is 6.46. The van der Waals surface area contributed by atoms with Crippen molar-refractivity contribution in [2.75, 3.05) is 0 Å². The SMILES string of the molecule is CC(=O)N[C@@]1(C(=O)NC(C)(C)C)C[C@@H](N)C[C@@H]1CCCB1OC(C)(C)C(C)(C)O1. The van der Waals surface area contributed by atoms with Crippen LogP contribution >= 0.6 is 0 Å². The van der Waals surface area contributed by atoms with Crippen LogP contribution in [0.15, 0.2) is 0 Å². The first-order valence-electron chi connectivity index (χ1n) is 10.8. The predicted octanol–water partition coefficient (Wildman–Crippen LogP) is 2.39. The Hall–Kier alpha value is -1.12. The van der Waals surface area contributed by atoms with Gasteiger partial charge in [-0.05, 0) is 80.0 Å². The number of carbonyl (C=O) groups is 2. The molecule has 0 bridgehead atoms. The molecule has 3 atom stereocenters. The molecule has 2 aliphatic rings. The highest BCUT2D eigenvalue weighted by Gasteiger charge is 2.53. The molecule has 1 saturated heterocycles. The van der Waals surface area contributed by atoms with Crippen molar-refractivity contribution in [2.24, 2.45) is 11.7 Å². The average molecular weight is 409 g/mol. The maximum Gasteiger partial charge on any atom is 0.457 e. The van der Waals surface area contributed by atoms with Gasteiger partial charge in [-0.1, -0.05) is 6.42 Å². The lowest BCUT2D eigenvalue weighted by Crippen LogP contribution is -2.63. The van der Waals surface area contributed by atoms with Gasteiger partial charge in [-0.2, -0.15) is 0 Å². The van der Waals surface area contributed by atoms with Gasteiger partial charge in [-0.15, -0.1) is 0 Å². The summed E-state index contributed by atoms with van der Waals surface area (Å²) in [4.78, 5) is 25.2. The van der Waals surface area contributed by atoms with Crippen LogP contribution in [-0.2, 0) is 18.9 Å². The van der Waals surface area contributed by atoms with Crippen LogP contribution < -0.4 is 16.4 Å². The second kappa shape index (κ2) is 8.19. The van der Waals surface area contributed by atoms with Gasteiger partial charge in [-0.25, -0.2) is 0 Å². The number of amides is 2. The average Bonchev–Trinajstić information content (AvgIpc) is 2.90. The summed E-state index contributed by atoms with van der Waals surface area (Å²) in [6.45, 7) is 15.4. The highest BCUT2D eigenvalue weighted by Crippen LogP contribution is 2.41. The Bertz CT molecular complexity index is 616. The second-order valence-corrected chi connectivity index (χ2v) is 10.9. The first-order valence-corrected chi connectivity index (χ1v) is 10.8. The highest BCUT2D eigenvalue weighted by atomic mass is 16.7. The van der Waals surface area contributed by atoms with Crippen LogP contribution in [0.5, 0.6) is 0 Å². The number of hydrogen-bond donors (Lipinski definition) is 3. The molecular formula is C21H40BN3O4. The van der Waals surface area contributed by atoms with Gasteiger partial charge in [0.2, 0.25) is 11.8 Å². The zero-order chi connectivity index (χ0) is 22.3. The number of rotatable bonds is 6. The van der Waals surface area contributed by atoms with Crippen LogP contribution in [0.3, 0.4) is 0 Å². The van der Waals surface area contributed by atoms with Gasteiger partial charge in [0, 0.05) is 18.5 Å². The van der Waals surface area contributed by atoms with Gasteiger partial charge in [0.05, 0.1) is 11.2 Å². The topological polar surface area (TPSA) is 103 Å². The van der Waals surface area contributed by atoms with Gasteiger partial charge in [0.25, 0.3) is 0 Å². The van der Waals surface area contributed by atoms with E-state index in [4.69, 9.17) is 15.0 Å². The first kappa shape index (κ1) is 24.2. The summed E-state index contributed by atoms with van der Waals surface area (Å²) in [6.07, 6.45) is 3.51. The van der Waals surface area contributed by atoms with E-state index in [1.807, 2.05) is 48.5 Å². The molecule has 1 heterocycles. The largest absolute Gasteiger partial charge is 0.457 e. The van der Waals surface area contributed by atoms with E-state index in [1.165, 1.54) is 6.92 Å². The van der Waals surface area contributed by atoms with Gasteiger partial charge < -0.3 is 25.7 Å². The predicted molar refractivity (Wildman–Crippen MR) is 115 cm³/mol. The van der Waals surface area contributed by atoms with Crippen molar-refractivity contribution in [1.82, 2.24) is 10.6 Å². The standard InChI is InChI=1S/C21H40BN3O4/c1-14(26)24-21(17(27)25-18(2,3)4)13-16(23)12-15(21)10-9-11-22-28-19(5,6)20(7,8)29-22/h15-16H,9-13,23H2,1-8H3,(H,24,26)(H,25,27)/t15-,16-,21-/m0/s1. The molecular weight excluding hydrogens is 369 g/mol. The summed E-state index contributed by atoms with van der Waals surface area (Å²) in [5, 5.41) is 6.02. The summed E-state index contributed by atoms with van der Waals surface area (Å²) >= 11 is 0. The minimum Gasteiger partial charge on any atom is -0.403 e. The maximum atomic E-state index is 13.2. The number of nitrogens with one attached hydrogen (secondary N) is 2. The van der Waals surface area contributed by atoms with Gasteiger partial charge in [0.1, 0.15) is 5.54 Å². The summed E-state index contributed by atoms with van der Waals surface area (Å²) in [5.41, 5.74) is 4.22. The molecule has 2 rings (SSSR count). The quantitative estimate of drug-likeness (QED) is 0.585. The molecule has 0 aromatic carbocycles. The zero-order valence-electron chi connectivity index (χ0n) is 19.5. The lowest BCUT2D eigenvalue weighted by molar-refractivity contribution is -0.135. The van der Waals surface area contributed by atoms with Crippen molar-refractivity contribution in [3.63, 3.8) is 0 Å².